The Morgan fingerprint density at radius 3 is 2.05 bits per heavy atom. The fourth-order valence-electron chi connectivity index (χ4n) is 2.63. The fourth-order valence-corrected chi connectivity index (χ4v) is 2.63. The lowest BCUT2D eigenvalue weighted by molar-refractivity contribution is -0.139. The number of benzene rings is 1. The molecule has 0 N–H and O–H groups in total. The highest BCUT2D eigenvalue weighted by Gasteiger charge is 2.23. The van der Waals surface area contributed by atoms with Crippen molar-refractivity contribution < 1.29 is 9.59 Å². The van der Waals surface area contributed by atoms with Gasteiger partial charge < -0.3 is 9.80 Å². The summed E-state index contributed by atoms with van der Waals surface area (Å²) in [4.78, 5) is 27.7. The van der Waals surface area contributed by atoms with Gasteiger partial charge in [-0.05, 0) is 30.5 Å². The predicted octanol–water partition coefficient (Wildman–Crippen LogP) is 1.93. The molecule has 0 atom stereocenters. The summed E-state index contributed by atoms with van der Waals surface area (Å²) in [6, 6.07) is 6.18. The van der Waals surface area contributed by atoms with Crippen LogP contribution in [0.1, 0.15) is 30.0 Å². The van der Waals surface area contributed by atoms with Gasteiger partial charge in [-0.3, -0.25) is 9.59 Å². The quantitative estimate of drug-likeness (QED) is 0.852. The van der Waals surface area contributed by atoms with Crippen molar-refractivity contribution in [1.82, 2.24) is 9.80 Å². The third kappa shape index (κ3) is 3.84. The van der Waals surface area contributed by atoms with E-state index in [4.69, 9.17) is 0 Å². The molecule has 1 saturated heterocycles. The van der Waals surface area contributed by atoms with Crippen molar-refractivity contribution in [1.29, 1.82) is 0 Å². The number of hydrogen-bond acceptors (Lipinski definition) is 2. The van der Waals surface area contributed by atoms with Crippen LogP contribution in [0.5, 0.6) is 0 Å². The monoisotopic (exact) mass is 288 g/mol. The van der Waals surface area contributed by atoms with Gasteiger partial charge in [-0.1, -0.05) is 25.1 Å². The van der Waals surface area contributed by atoms with Crippen molar-refractivity contribution in [3.8, 4) is 0 Å². The Morgan fingerprint density at radius 1 is 0.952 bits per heavy atom. The Labute approximate surface area is 126 Å². The summed E-state index contributed by atoms with van der Waals surface area (Å²) in [5.41, 5.74) is 3.53. The van der Waals surface area contributed by atoms with E-state index in [1.807, 2.05) is 22.8 Å². The first-order valence-corrected chi connectivity index (χ1v) is 7.63. The van der Waals surface area contributed by atoms with Crippen LogP contribution in [0.2, 0.25) is 0 Å². The van der Waals surface area contributed by atoms with Crippen molar-refractivity contribution in [2.24, 2.45) is 0 Å². The topological polar surface area (TPSA) is 40.6 Å². The van der Waals surface area contributed by atoms with Crippen LogP contribution in [0.4, 0.5) is 0 Å². The highest BCUT2D eigenvalue weighted by Crippen LogP contribution is 2.12. The average molecular weight is 288 g/mol. The molecule has 0 saturated carbocycles. The molecule has 1 aliphatic heterocycles. The Kier molecular flexibility index (Phi) is 4.99. The number of carbonyl (C=O) groups is 2. The van der Waals surface area contributed by atoms with Crippen molar-refractivity contribution >= 4 is 11.8 Å². The number of rotatable bonds is 3. The second-order valence-corrected chi connectivity index (χ2v) is 5.71. The first-order valence-electron chi connectivity index (χ1n) is 7.63. The lowest BCUT2D eigenvalue weighted by atomic mass is 10.0. The molecule has 4 nitrogen and oxygen atoms in total. The molecule has 1 aromatic carbocycles. The molecule has 2 amide bonds. The first-order chi connectivity index (χ1) is 10.0. The summed E-state index contributed by atoms with van der Waals surface area (Å²) in [5.74, 6) is 0.332. The normalized spacial score (nSPS) is 15.2. The number of aryl methyl sites for hydroxylation is 2. The highest BCUT2D eigenvalue weighted by molar-refractivity contribution is 5.80. The maximum atomic E-state index is 12.3. The van der Waals surface area contributed by atoms with Crippen molar-refractivity contribution in [3.63, 3.8) is 0 Å². The van der Waals surface area contributed by atoms with Gasteiger partial charge in [-0.15, -0.1) is 0 Å². The van der Waals surface area contributed by atoms with Crippen LogP contribution in [0.15, 0.2) is 18.2 Å². The standard InChI is InChI=1S/C17H24N2O2/c1-4-16(20)18-7-9-19(10-8-18)17(21)12-15-6-5-13(2)14(3)11-15/h5-6,11H,4,7-10,12H2,1-3H3. The van der Waals surface area contributed by atoms with Crippen LogP contribution in [0, 0.1) is 13.8 Å². The molecule has 0 unspecified atom stereocenters. The van der Waals surface area contributed by atoms with Crippen LogP contribution < -0.4 is 0 Å². The second-order valence-electron chi connectivity index (χ2n) is 5.71. The minimum absolute atomic E-state index is 0.154. The lowest BCUT2D eigenvalue weighted by Crippen LogP contribution is -2.50. The molecule has 1 aromatic rings. The third-order valence-electron chi connectivity index (χ3n) is 4.21. The van der Waals surface area contributed by atoms with Gasteiger partial charge >= 0.3 is 0 Å². The van der Waals surface area contributed by atoms with Crippen molar-refractivity contribution in [3.05, 3.63) is 34.9 Å². The van der Waals surface area contributed by atoms with Gasteiger partial charge in [-0.25, -0.2) is 0 Å². The molecule has 1 fully saturated rings. The Hall–Kier alpha value is -1.84. The lowest BCUT2D eigenvalue weighted by Gasteiger charge is -2.34. The fraction of sp³-hybridized carbons (Fsp3) is 0.529. The minimum Gasteiger partial charge on any atom is -0.339 e. The van der Waals surface area contributed by atoms with Crippen molar-refractivity contribution in [2.45, 2.75) is 33.6 Å². The number of amides is 2. The molecule has 0 aromatic heterocycles. The Morgan fingerprint density at radius 2 is 1.52 bits per heavy atom. The number of nitrogens with zero attached hydrogens (tertiary/aromatic N) is 2. The minimum atomic E-state index is 0.154. The Bertz CT molecular complexity index is 532. The van der Waals surface area contributed by atoms with E-state index in [1.54, 1.807) is 0 Å². The van der Waals surface area contributed by atoms with Crippen LogP contribution in [-0.2, 0) is 16.0 Å². The van der Waals surface area contributed by atoms with Gasteiger partial charge in [0, 0.05) is 32.6 Å². The molecular formula is C17H24N2O2. The summed E-state index contributed by atoms with van der Waals surface area (Å²) in [7, 11) is 0. The molecule has 0 bridgehead atoms. The van der Waals surface area contributed by atoms with E-state index in [-0.39, 0.29) is 11.8 Å². The largest absolute Gasteiger partial charge is 0.339 e. The predicted molar refractivity (Wildman–Crippen MR) is 83.1 cm³/mol. The van der Waals surface area contributed by atoms with E-state index in [9.17, 15) is 9.59 Å². The second kappa shape index (κ2) is 6.74. The van der Waals surface area contributed by atoms with Gasteiger partial charge in [-0.2, -0.15) is 0 Å². The van der Waals surface area contributed by atoms with Gasteiger partial charge in [0.25, 0.3) is 0 Å². The van der Waals surface area contributed by atoms with Crippen molar-refractivity contribution in [2.75, 3.05) is 26.2 Å². The number of hydrogen-bond donors (Lipinski definition) is 0. The molecule has 0 aliphatic carbocycles. The average Bonchev–Trinajstić information content (AvgIpc) is 2.50. The summed E-state index contributed by atoms with van der Waals surface area (Å²) in [6.07, 6.45) is 0.986. The van der Waals surface area contributed by atoms with E-state index in [0.717, 1.165) is 5.56 Å². The third-order valence-corrected chi connectivity index (χ3v) is 4.21. The number of carbonyl (C=O) groups excluding carboxylic acids is 2. The van der Waals surface area contributed by atoms with Crippen LogP contribution in [-0.4, -0.2) is 47.8 Å². The molecule has 1 aliphatic rings. The van der Waals surface area contributed by atoms with E-state index in [1.165, 1.54) is 11.1 Å². The van der Waals surface area contributed by atoms with E-state index in [0.29, 0.717) is 39.0 Å². The summed E-state index contributed by atoms with van der Waals surface area (Å²) < 4.78 is 0. The zero-order valence-corrected chi connectivity index (χ0v) is 13.2. The van der Waals surface area contributed by atoms with Crippen LogP contribution in [0.25, 0.3) is 0 Å². The molecule has 21 heavy (non-hydrogen) atoms. The van der Waals surface area contributed by atoms with Gasteiger partial charge in [0.05, 0.1) is 6.42 Å². The van der Waals surface area contributed by atoms with E-state index >= 15 is 0 Å². The van der Waals surface area contributed by atoms with Gasteiger partial charge in [0.15, 0.2) is 0 Å². The zero-order valence-electron chi connectivity index (χ0n) is 13.2. The van der Waals surface area contributed by atoms with Gasteiger partial charge in [0.2, 0.25) is 11.8 Å². The first kappa shape index (κ1) is 15.5. The Balaban J connectivity index is 1.90. The molecule has 2 rings (SSSR count). The van der Waals surface area contributed by atoms with E-state index in [2.05, 4.69) is 26.0 Å². The molecule has 0 radical (unpaired) electrons. The maximum absolute atomic E-state index is 12.3. The smallest absolute Gasteiger partial charge is 0.227 e. The summed E-state index contributed by atoms with van der Waals surface area (Å²) in [5, 5.41) is 0. The maximum Gasteiger partial charge on any atom is 0.227 e. The van der Waals surface area contributed by atoms with Crippen LogP contribution in [0.3, 0.4) is 0 Å². The molecular weight excluding hydrogens is 264 g/mol. The van der Waals surface area contributed by atoms with Gasteiger partial charge in [0.1, 0.15) is 0 Å². The number of piperazine rings is 1. The summed E-state index contributed by atoms with van der Waals surface area (Å²) in [6.45, 7) is 8.63. The van der Waals surface area contributed by atoms with Crippen LogP contribution >= 0.6 is 0 Å². The SMILES string of the molecule is CCC(=O)N1CCN(C(=O)Cc2ccc(C)c(C)c2)CC1. The molecule has 114 valence electrons. The molecule has 1 heterocycles. The zero-order chi connectivity index (χ0) is 15.4. The highest BCUT2D eigenvalue weighted by atomic mass is 16.2. The molecule has 4 heteroatoms. The molecule has 0 spiro atoms. The summed E-state index contributed by atoms with van der Waals surface area (Å²) >= 11 is 0. The van der Waals surface area contributed by atoms with E-state index < -0.39 is 0 Å².